The van der Waals surface area contributed by atoms with E-state index in [9.17, 15) is 0 Å². The number of aryl methyl sites for hydroxylation is 2. The molecular formula is C17H16O2. The summed E-state index contributed by atoms with van der Waals surface area (Å²) in [4.78, 5) is 0. The van der Waals surface area contributed by atoms with Crippen molar-refractivity contribution >= 4 is 11.0 Å². The number of rotatable bonds is 3. The number of hydrogen-bond donors (Lipinski definition) is 0. The van der Waals surface area contributed by atoms with Gasteiger partial charge in [0.05, 0.1) is 0 Å². The van der Waals surface area contributed by atoms with Crippen molar-refractivity contribution in [2.75, 3.05) is 0 Å². The summed E-state index contributed by atoms with van der Waals surface area (Å²) in [5.41, 5.74) is 3.37. The fraction of sp³-hybridized carbons (Fsp3) is 0.176. The van der Waals surface area contributed by atoms with E-state index >= 15 is 0 Å². The summed E-state index contributed by atoms with van der Waals surface area (Å²) < 4.78 is 11.5. The fourth-order valence-corrected chi connectivity index (χ4v) is 2.08. The predicted octanol–water partition coefficient (Wildman–Crippen LogP) is 4.63. The molecule has 2 heteroatoms. The summed E-state index contributed by atoms with van der Waals surface area (Å²) in [5.74, 6) is 1.71. The second-order valence-electron chi connectivity index (χ2n) is 4.86. The SMILES string of the molecule is Cc1ccc(OCc2cc3cc(C)ccc3o2)cc1. The van der Waals surface area contributed by atoms with Crippen LogP contribution in [-0.2, 0) is 6.61 Å². The van der Waals surface area contributed by atoms with Gasteiger partial charge in [-0.2, -0.15) is 0 Å². The average Bonchev–Trinajstić information content (AvgIpc) is 2.80. The highest BCUT2D eigenvalue weighted by molar-refractivity contribution is 5.78. The second-order valence-corrected chi connectivity index (χ2v) is 4.86. The summed E-state index contributed by atoms with van der Waals surface area (Å²) in [6, 6.07) is 16.2. The van der Waals surface area contributed by atoms with Crippen molar-refractivity contribution in [2.24, 2.45) is 0 Å². The summed E-state index contributed by atoms with van der Waals surface area (Å²) in [7, 11) is 0. The fourth-order valence-electron chi connectivity index (χ4n) is 2.08. The zero-order valence-electron chi connectivity index (χ0n) is 11.1. The van der Waals surface area contributed by atoms with Gasteiger partial charge in [-0.1, -0.05) is 29.3 Å². The first-order chi connectivity index (χ1) is 9.20. The molecule has 0 aliphatic carbocycles. The van der Waals surface area contributed by atoms with E-state index in [1.807, 2.05) is 36.4 Å². The van der Waals surface area contributed by atoms with Crippen molar-refractivity contribution < 1.29 is 9.15 Å². The van der Waals surface area contributed by atoms with Crippen LogP contribution >= 0.6 is 0 Å². The average molecular weight is 252 g/mol. The van der Waals surface area contributed by atoms with E-state index in [4.69, 9.17) is 9.15 Å². The molecule has 96 valence electrons. The van der Waals surface area contributed by atoms with Crippen LogP contribution in [0.25, 0.3) is 11.0 Å². The first kappa shape index (κ1) is 11.8. The van der Waals surface area contributed by atoms with Gasteiger partial charge < -0.3 is 9.15 Å². The quantitative estimate of drug-likeness (QED) is 0.678. The molecule has 0 radical (unpaired) electrons. The molecule has 0 atom stereocenters. The van der Waals surface area contributed by atoms with Crippen molar-refractivity contribution in [3.05, 3.63) is 65.4 Å². The molecule has 0 bridgehead atoms. The van der Waals surface area contributed by atoms with Gasteiger partial charge in [0.15, 0.2) is 0 Å². The maximum atomic E-state index is 5.74. The first-order valence-electron chi connectivity index (χ1n) is 6.39. The van der Waals surface area contributed by atoms with Crippen molar-refractivity contribution in [3.63, 3.8) is 0 Å². The minimum absolute atomic E-state index is 0.455. The standard InChI is InChI=1S/C17H16O2/c1-12-3-6-15(7-4-12)18-11-16-10-14-9-13(2)5-8-17(14)19-16/h3-10H,11H2,1-2H3. The zero-order valence-corrected chi connectivity index (χ0v) is 11.1. The molecule has 0 aliphatic heterocycles. The van der Waals surface area contributed by atoms with Gasteiger partial charge in [0.25, 0.3) is 0 Å². The summed E-state index contributed by atoms with van der Waals surface area (Å²) in [5, 5.41) is 1.13. The van der Waals surface area contributed by atoms with Gasteiger partial charge >= 0.3 is 0 Å². The lowest BCUT2D eigenvalue weighted by atomic mass is 10.2. The third-order valence-corrected chi connectivity index (χ3v) is 3.12. The van der Waals surface area contributed by atoms with E-state index in [2.05, 4.69) is 26.0 Å². The smallest absolute Gasteiger partial charge is 0.146 e. The lowest BCUT2D eigenvalue weighted by molar-refractivity contribution is 0.274. The van der Waals surface area contributed by atoms with Crippen LogP contribution in [0.5, 0.6) is 5.75 Å². The molecule has 0 fully saturated rings. The van der Waals surface area contributed by atoms with E-state index in [1.54, 1.807) is 0 Å². The van der Waals surface area contributed by atoms with Gasteiger partial charge in [-0.05, 0) is 44.2 Å². The molecule has 2 nitrogen and oxygen atoms in total. The van der Waals surface area contributed by atoms with Crippen LogP contribution in [0.15, 0.2) is 52.9 Å². The Morgan fingerprint density at radius 3 is 2.42 bits per heavy atom. The Morgan fingerprint density at radius 1 is 0.895 bits per heavy atom. The van der Waals surface area contributed by atoms with Crippen LogP contribution in [0.4, 0.5) is 0 Å². The van der Waals surface area contributed by atoms with Crippen LogP contribution in [0.2, 0.25) is 0 Å². The minimum atomic E-state index is 0.455. The third-order valence-electron chi connectivity index (χ3n) is 3.12. The van der Waals surface area contributed by atoms with Crippen LogP contribution in [0.1, 0.15) is 16.9 Å². The van der Waals surface area contributed by atoms with Crippen molar-refractivity contribution in [2.45, 2.75) is 20.5 Å². The largest absolute Gasteiger partial charge is 0.486 e. The molecule has 1 heterocycles. The van der Waals surface area contributed by atoms with Gasteiger partial charge in [-0.25, -0.2) is 0 Å². The van der Waals surface area contributed by atoms with Gasteiger partial charge in [0.1, 0.15) is 23.7 Å². The molecule has 0 spiro atoms. The van der Waals surface area contributed by atoms with Crippen LogP contribution in [0.3, 0.4) is 0 Å². The maximum absolute atomic E-state index is 5.74. The number of benzene rings is 2. The van der Waals surface area contributed by atoms with Gasteiger partial charge in [-0.3, -0.25) is 0 Å². The second kappa shape index (κ2) is 4.81. The number of hydrogen-bond acceptors (Lipinski definition) is 2. The molecule has 0 N–H and O–H groups in total. The molecule has 0 aliphatic rings. The highest BCUT2D eigenvalue weighted by Gasteiger charge is 2.04. The first-order valence-corrected chi connectivity index (χ1v) is 6.39. The van der Waals surface area contributed by atoms with Crippen molar-refractivity contribution in [1.29, 1.82) is 0 Å². The number of fused-ring (bicyclic) bond motifs is 1. The Labute approximate surface area is 112 Å². The number of furan rings is 1. The lowest BCUT2D eigenvalue weighted by Gasteiger charge is -2.03. The van der Waals surface area contributed by atoms with Gasteiger partial charge in [0, 0.05) is 5.39 Å². The highest BCUT2D eigenvalue weighted by Crippen LogP contribution is 2.22. The minimum Gasteiger partial charge on any atom is -0.486 e. The topological polar surface area (TPSA) is 22.4 Å². The molecule has 1 aromatic heterocycles. The Morgan fingerprint density at radius 2 is 1.63 bits per heavy atom. The Hall–Kier alpha value is -2.22. The van der Waals surface area contributed by atoms with Crippen LogP contribution in [-0.4, -0.2) is 0 Å². The monoisotopic (exact) mass is 252 g/mol. The molecule has 3 rings (SSSR count). The molecule has 0 amide bonds. The molecule has 2 aromatic carbocycles. The molecule has 3 aromatic rings. The van der Waals surface area contributed by atoms with Crippen molar-refractivity contribution in [1.82, 2.24) is 0 Å². The normalized spacial score (nSPS) is 10.8. The predicted molar refractivity (Wildman–Crippen MR) is 76.5 cm³/mol. The van der Waals surface area contributed by atoms with E-state index in [0.717, 1.165) is 22.5 Å². The summed E-state index contributed by atoms with van der Waals surface area (Å²) in [6.07, 6.45) is 0. The van der Waals surface area contributed by atoms with Crippen LogP contribution < -0.4 is 4.74 Å². The van der Waals surface area contributed by atoms with E-state index in [0.29, 0.717) is 6.61 Å². The molecule has 0 unspecified atom stereocenters. The zero-order chi connectivity index (χ0) is 13.2. The Bertz CT molecular complexity index is 693. The highest BCUT2D eigenvalue weighted by atomic mass is 16.5. The van der Waals surface area contributed by atoms with E-state index in [-0.39, 0.29) is 0 Å². The Kier molecular flexibility index (Phi) is 3.00. The molecule has 19 heavy (non-hydrogen) atoms. The third kappa shape index (κ3) is 2.63. The maximum Gasteiger partial charge on any atom is 0.146 e. The van der Waals surface area contributed by atoms with Crippen LogP contribution in [0, 0.1) is 13.8 Å². The molecular weight excluding hydrogens is 236 g/mol. The number of ether oxygens (including phenoxy) is 1. The summed E-state index contributed by atoms with van der Waals surface area (Å²) in [6.45, 7) is 4.59. The van der Waals surface area contributed by atoms with Crippen molar-refractivity contribution in [3.8, 4) is 5.75 Å². The molecule has 0 saturated heterocycles. The van der Waals surface area contributed by atoms with E-state index < -0.39 is 0 Å². The van der Waals surface area contributed by atoms with Gasteiger partial charge in [-0.15, -0.1) is 0 Å². The van der Waals surface area contributed by atoms with E-state index in [1.165, 1.54) is 11.1 Å². The molecule has 0 saturated carbocycles. The summed E-state index contributed by atoms with van der Waals surface area (Å²) >= 11 is 0. The Balaban J connectivity index is 1.76. The van der Waals surface area contributed by atoms with Gasteiger partial charge in [0.2, 0.25) is 0 Å². The lowest BCUT2D eigenvalue weighted by Crippen LogP contribution is -1.93.